The third kappa shape index (κ3) is 8.23. The molecule has 7 heteroatoms. The van der Waals surface area contributed by atoms with E-state index in [0.29, 0.717) is 15.9 Å². The highest BCUT2D eigenvalue weighted by Gasteiger charge is 2.09. The molecule has 1 amide bonds. The van der Waals surface area contributed by atoms with Crippen molar-refractivity contribution in [2.75, 3.05) is 25.0 Å². The number of thioether (sulfide) groups is 1. The molecule has 1 aromatic heterocycles. The van der Waals surface area contributed by atoms with Gasteiger partial charge in [0.1, 0.15) is 11.0 Å². The van der Waals surface area contributed by atoms with Gasteiger partial charge in [-0.25, -0.2) is 9.97 Å². The number of hydrogen-bond donors (Lipinski definition) is 1. The Kier molecular flexibility index (Phi) is 10.3. The average Bonchev–Trinajstić information content (AvgIpc) is 2.72. The molecule has 0 saturated heterocycles. The number of carbonyl (C=O) groups excluding carboxylic acids is 1. The molecule has 0 atom stereocenters. The molecule has 0 aliphatic heterocycles. The van der Waals surface area contributed by atoms with Crippen LogP contribution in [0.5, 0.6) is 0 Å². The Bertz CT molecular complexity index is 770. The maximum absolute atomic E-state index is 12.2. The Balaban J connectivity index is 1.88. The summed E-state index contributed by atoms with van der Waals surface area (Å²) in [6.07, 6.45) is 5.65. The second-order valence-corrected chi connectivity index (χ2v) is 8.38. The lowest BCUT2D eigenvalue weighted by Crippen LogP contribution is -2.24. The van der Waals surface area contributed by atoms with Crippen molar-refractivity contribution in [1.29, 1.82) is 0 Å². The van der Waals surface area contributed by atoms with Crippen LogP contribution in [-0.4, -0.2) is 36.0 Å². The Labute approximate surface area is 183 Å². The second-order valence-electron chi connectivity index (χ2n) is 7.06. The number of anilines is 1. The molecule has 5 nitrogen and oxygen atoms in total. The quantitative estimate of drug-likeness (QED) is 0.204. The van der Waals surface area contributed by atoms with Gasteiger partial charge in [-0.15, -0.1) is 0 Å². The van der Waals surface area contributed by atoms with Crippen LogP contribution in [0.2, 0.25) is 5.15 Å². The van der Waals surface area contributed by atoms with E-state index in [4.69, 9.17) is 11.6 Å². The van der Waals surface area contributed by atoms with Gasteiger partial charge in [-0.05, 0) is 30.5 Å². The summed E-state index contributed by atoms with van der Waals surface area (Å²) in [5, 5.41) is 4.09. The highest BCUT2D eigenvalue weighted by atomic mass is 35.5. The molecule has 0 bridgehead atoms. The summed E-state index contributed by atoms with van der Waals surface area (Å²) < 4.78 is 0. The topological polar surface area (TPSA) is 58.1 Å². The van der Waals surface area contributed by atoms with E-state index in [9.17, 15) is 4.79 Å². The van der Waals surface area contributed by atoms with Gasteiger partial charge in [-0.1, -0.05) is 68.6 Å². The predicted octanol–water partition coefficient (Wildman–Crippen LogP) is 5.58. The van der Waals surface area contributed by atoms with Crippen LogP contribution >= 0.6 is 23.4 Å². The van der Waals surface area contributed by atoms with Gasteiger partial charge in [-0.3, -0.25) is 4.79 Å². The van der Waals surface area contributed by atoms with Crippen molar-refractivity contribution in [2.24, 2.45) is 0 Å². The van der Waals surface area contributed by atoms with Crippen molar-refractivity contribution in [3.63, 3.8) is 0 Å². The number of aromatic nitrogens is 2. The minimum atomic E-state index is -0.0116. The SMILES string of the molecule is CCCCCCNC(=O)c1ccc(CSc2nc(Cl)cc(N(C)CCC)n2)cc1. The van der Waals surface area contributed by atoms with Crippen molar-refractivity contribution in [3.05, 3.63) is 46.6 Å². The predicted molar refractivity (Wildman–Crippen MR) is 123 cm³/mol. The van der Waals surface area contributed by atoms with Gasteiger partial charge in [0.2, 0.25) is 0 Å². The molecule has 0 aliphatic carbocycles. The van der Waals surface area contributed by atoms with Crippen molar-refractivity contribution in [3.8, 4) is 0 Å². The zero-order valence-corrected chi connectivity index (χ0v) is 19.2. The maximum atomic E-state index is 12.2. The Morgan fingerprint density at radius 3 is 2.55 bits per heavy atom. The molecule has 0 aliphatic rings. The Morgan fingerprint density at radius 2 is 1.86 bits per heavy atom. The van der Waals surface area contributed by atoms with Crippen molar-refractivity contribution >= 4 is 35.1 Å². The second kappa shape index (κ2) is 12.7. The highest BCUT2D eigenvalue weighted by molar-refractivity contribution is 7.98. The first-order valence-corrected chi connectivity index (χ1v) is 11.7. The van der Waals surface area contributed by atoms with Gasteiger partial charge in [0.25, 0.3) is 5.91 Å². The summed E-state index contributed by atoms with van der Waals surface area (Å²) in [4.78, 5) is 23.2. The normalized spacial score (nSPS) is 10.8. The minimum Gasteiger partial charge on any atom is -0.360 e. The van der Waals surface area contributed by atoms with Crippen LogP contribution in [0.4, 0.5) is 5.82 Å². The number of benzene rings is 1. The first kappa shape index (κ1) is 23.5. The molecular weight excluding hydrogens is 404 g/mol. The van der Waals surface area contributed by atoms with Crippen LogP contribution in [0.3, 0.4) is 0 Å². The van der Waals surface area contributed by atoms with E-state index >= 15 is 0 Å². The van der Waals surface area contributed by atoms with Gasteiger partial charge in [0.15, 0.2) is 5.16 Å². The standard InChI is InChI=1S/C22H31ClN4OS/c1-4-6-7-8-13-24-21(28)18-11-9-17(10-12-18)16-29-22-25-19(23)15-20(26-22)27(3)14-5-2/h9-12,15H,4-8,13-14,16H2,1-3H3,(H,24,28). The number of rotatable bonds is 12. The molecule has 29 heavy (non-hydrogen) atoms. The summed E-state index contributed by atoms with van der Waals surface area (Å²) in [6.45, 7) is 5.96. The average molecular weight is 435 g/mol. The molecule has 0 radical (unpaired) electrons. The van der Waals surface area contributed by atoms with Crippen LogP contribution in [0, 0.1) is 0 Å². The molecule has 0 saturated carbocycles. The van der Waals surface area contributed by atoms with Gasteiger partial charge in [0, 0.05) is 37.5 Å². The van der Waals surface area contributed by atoms with E-state index in [1.807, 2.05) is 31.3 Å². The Hall–Kier alpha value is -1.79. The molecule has 158 valence electrons. The maximum Gasteiger partial charge on any atom is 0.251 e. The number of nitrogens with one attached hydrogen (secondary N) is 1. The summed E-state index contributed by atoms with van der Waals surface area (Å²) in [5.41, 5.74) is 1.80. The number of halogens is 1. The van der Waals surface area contributed by atoms with Gasteiger partial charge in [-0.2, -0.15) is 0 Å². The van der Waals surface area contributed by atoms with Gasteiger partial charge >= 0.3 is 0 Å². The van der Waals surface area contributed by atoms with Gasteiger partial charge < -0.3 is 10.2 Å². The van der Waals surface area contributed by atoms with E-state index in [0.717, 1.165) is 49.5 Å². The molecule has 0 spiro atoms. The van der Waals surface area contributed by atoms with E-state index in [1.165, 1.54) is 24.6 Å². The van der Waals surface area contributed by atoms with Crippen LogP contribution in [0.15, 0.2) is 35.5 Å². The summed E-state index contributed by atoms with van der Waals surface area (Å²) in [5.74, 6) is 1.54. The van der Waals surface area contributed by atoms with E-state index in [-0.39, 0.29) is 5.91 Å². The van der Waals surface area contributed by atoms with Crippen molar-refractivity contribution < 1.29 is 4.79 Å². The fraction of sp³-hybridized carbons (Fsp3) is 0.500. The lowest BCUT2D eigenvalue weighted by atomic mass is 10.1. The number of nitrogens with zero attached hydrogens (tertiary/aromatic N) is 3. The third-order valence-electron chi connectivity index (χ3n) is 4.51. The van der Waals surface area contributed by atoms with Gasteiger partial charge in [0.05, 0.1) is 0 Å². The lowest BCUT2D eigenvalue weighted by molar-refractivity contribution is 0.0953. The van der Waals surface area contributed by atoms with Crippen molar-refractivity contribution in [1.82, 2.24) is 15.3 Å². The summed E-state index contributed by atoms with van der Waals surface area (Å²) in [6, 6.07) is 9.49. The smallest absolute Gasteiger partial charge is 0.251 e. The summed E-state index contributed by atoms with van der Waals surface area (Å²) in [7, 11) is 2.00. The molecule has 1 heterocycles. The van der Waals surface area contributed by atoms with Crippen LogP contribution in [-0.2, 0) is 5.75 Å². The van der Waals surface area contributed by atoms with E-state index in [1.54, 1.807) is 6.07 Å². The first-order chi connectivity index (χ1) is 14.0. The third-order valence-corrected chi connectivity index (χ3v) is 5.62. The van der Waals surface area contributed by atoms with Crippen LogP contribution < -0.4 is 10.2 Å². The molecule has 2 aromatic rings. The zero-order valence-electron chi connectivity index (χ0n) is 17.6. The number of carbonyl (C=O) groups is 1. The fourth-order valence-corrected chi connectivity index (χ4v) is 3.89. The number of amides is 1. The summed E-state index contributed by atoms with van der Waals surface area (Å²) >= 11 is 7.70. The minimum absolute atomic E-state index is 0.0116. The highest BCUT2D eigenvalue weighted by Crippen LogP contribution is 2.24. The number of hydrogen-bond acceptors (Lipinski definition) is 5. The monoisotopic (exact) mass is 434 g/mol. The molecule has 0 unspecified atom stereocenters. The van der Waals surface area contributed by atoms with Crippen LogP contribution in [0.25, 0.3) is 0 Å². The fourth-order valence-electron chi connectivity index (χ4n) is 2.85. The van der Waals surface area contributed by atoms with E-state index < -0.39 is 0 Å². The first-order valence-electron chi connectivity index (χ1n) is 10.3. The molecular formula is C22H31ClN4OS. The number of unbranched alkanes of at least 4 members (excludes halogenated alkanes) is 3. The van der Waals surface area contributed by atoms with E-state index in [2.05, 4.69) is 34.0 Å². The molecule has 1 N–H and O–H groups in total. The van der Waals surface area contributed by atoms with Crippen molar-refractivity contribution in [2.45, 2.75) is 56.9 Å². The van der Waals surface area contributed by atoms with Crippen LogP contribution in [0.1, 0.15) is 61.9 Å². The molecule has 1 aromatic carbocycles. The molecule has 0 fully saturated rings. The molecule has 2 rings (SSSR count). The lowest BCUT2D eigenvalue weighted by Gasteiger charge is -2.17. The zero-order chi connectivity index (χ0) is 21.1. The Morgan fingerprint density at radius 1 is 1.10 bits per heavy atom. The largest absolute Gasteiger partial charge is 0.360 e.